The summed E-state index contributed by atoms with van der Waals surface area (Å²) < 4.78 is 18.6. The van der Waals surface area contributed by atoms with Gasteiger partial charge < -0.3 is 18.9 Å². The molecule has 0 saturated heterocycles. The van der Waals surface area contributed by atoms with Gasteiger partial charge in [-0.2, -0.15) is 0 Å². The first-order chi connectivity index (χ1) is 20.2. The number of hydrogen-bond acceptors (Lipinski definition) is 9. The van der Waals surface area contributed by atoms with Gasteiger partial charge in [-0.1, -0.05) is 36.4 Å². The minimum Gasteiger partial charge on any atom is -0.468 e. The quantitative estimate of drug-likeness (QED) is 0.285. The van der Waals surface area contributed by atoms with Crippen molar-refractivity contribution in [2.24, 2.45) is 0 Å². The zero-order chi connectivity index (χ0) is 27.6. The number of benzene rings is 2. The summed E-state index contributed by atoms with van der Waals surface area (Å²) in [5, 5.41) is 13.6. The van der Waals surface area contributed by atoms with Gasteiger partial charge in [0.2, 0.25) is 6.79 Å². The highest BCUT2D eigenvalue weighted by Gasteiger charge is 2.32. The fourth-order valence-electron chi connectivity index (χ4n) is 5.16. The fraction of sp³-hybridized carbons (Fsp3) is 0.167. The molecule has 0 saturated carbocycles. The van der Waals surface area contributed by atoms with E-state index in [1.165, 1.54) is 0 Å². The smallest absolute Gasteiger partial charge is 0.253 e. The molecule has 0 aliphatic carbocycles. The number of fused-ring (bicyclic) bond motifs is 2. The van der Waals surface area contributed by atoms with Crippen molar-refractivity contribution >= 4 is 10.9 Å². The average Bonchev–Trinajstić information content (AvgIpc) is 3.77. The van der Waals surface area contributed by atoms with E-state index in [4.69, 9.17) is 13.9 Å². The van der Waals surface area contributed by atoms with Gasteiger partial charge in [0.15, 0.2) is 17.3 Å². The molecule has 0 amide bonds. The van der Waals surface area contributed by atoms with Crippen molar-refractivity contribution in [3.63, 3.8) is 0 Å². The van der Waals surface area contributed by atoms with E-state index in [2.05, 4.69) is 30.4 Å². The number of H-pyrrole nitrogens is 1. The highest BCUT2D eigenvalue weighted by molar-refractivity contribution is 5.83. The summed E-state index contributed by atoms with van der Waals surface area (Å²) in [7, 11) is 0. The van der Waals surface area contributed by atoms with Crippen molar-refractivity contribution < 1.29 is 13.9 Å². The highest BCUT2D eigenvalue weighted by atomic mass is 16.7. The molecule has 0 bridgehead atoms. The Balaban J connectivity index is 1.39. The third-order valence-electron chi connectivity index (χ3n) is 7.05. The first-order valence-electron chi connectivity index (χ1n) is 13.1. The van der Waals surface area contributed by atoms with Crippen LogP contribution in [0.2, 0.25) is 0 Å². The van der Waals surface area contributed by atoms with E-state index in [0.717, 1.165) is 22.3 Å². The summed E-state index contributed by atoms with van der Waals surface area (Å²) in [6.07, 6.45) is 5.18. The molecular formula is C30H25N7O4. The van der Waals surface area contributed by atoms with Crippen molar-refractivity contribution in [3.05, 3.63) is 130 Å². The third-order valence-corrected chi connectivity index (χ3v) is 7.05. The minimum atomic E-state index is -0.641. The average molecular weight is 548 g/mol. The summed E-state index contributed by atoms with van der Waals surface area (Å²) in [6.45, 7) is 1.42. The van der Waals surface area contributed by atoms with Crippen LogP contribution in [-0.2, 0) is 19.6 Å². The molecule has 4 aromatic heterocycles. The largest absolute Gasteiger partial charge is 0.468 e. The van der Waals surface area contributed by atoms with Crippen LogP contribution < -0.4 is 15.0 Å². The van der Waals surface area contributed by atoms with Crippen LogP contribution in [0.5, 0.6) is 11.5 Å². The Labute approximate surface area is 234 Å². The second kappa shape index (κ2) is 10.7. The van der Waals surface area contributed by atoms with Crippen molar-refractivity contribution in [1.29, 1.82) is 0 Å². The minimum absolute atomic E-state index is 0.141. The first-order valence-corrected chi connectivity index (χ1v) is 13.1. The zero-order valence-electron chi connectivity index (χ0n) is 21.9. The molecule has 1 N–H and O–H groups in total. The normalized spacial score (nSPS) is 13.2. The standard InChI is InChI=1S/C30H25N7O4/c38-30-24(12-22-13-26-27(41-19-40-26)14-25(22)32-30)28(29-33-34-35-37(29)17-20-6-2-1-3-7-20)36(18-23-9-5-11-39-23)16-21-8-4-10-31-15-21/h1-15,28H,16-19H2,(H,32,38). The number of rotatable bonds is 9. The van der Waals surface area contributed by atoms with Crippen molar-refractivity contribution in [2.75, 3.05) is 6.79 Å². The summed E-state index contributed by atoms with van der Waals surface area (Å²) in [5.41, 5.74) is 2.87. The number of tetrazole rings is 1. The SMILES string of the molecule is O=c1[nH]c2cc3c(cc2cc1C(c1nnnn1Cc1ccccc1)N(Cc1cccnc1)Cc1ccco1)OCO3. The fourth-order valence-corrected chi connectivity index (χ4v) is 5.16. The number of ether oxygens (including phenoxy) is 2. The lowest BCUT2D eigenvalue weighted by molar-refractivity contribution is 0.174. The molecule has 204 valence electrons. The molecule has 11 heteroatoms. The van der Waals surface area contributed by atoms with Gasteiger partial charge in [0.05, 0.1) is 24.9 Å². The molecule has 0 radical (unpaired) electrons. The van der Waals surface area contributed by atoms with E-state index in [1.807, 2.05) is 72.9 Å². The lowest BCUT2D eigenvalue weighted by atomic mass is 10.0. The lowest BCUT2D eigenvalue weighted by Crippen LogP contribution is -2.35. The summed E-state index contributed by atoms with van der Waals surface area (Å²) >= 11 is 0. The first kappa shape index (κ1) is 24.7. The van der Waals surface area contributed by atoms with Gasteiger partial charge in [-0.05, 0) is 51.9 Å². The third kappa shape index (κ3) is 5.06. The van der Waals surface area contributed by atoms with E-state index >= 15 is 0 Å². The van der Waals surface area contributed by atoms with Gasteiger partial charge >= 0.3 is 0 Å². The summed E-state index contributed by atoms with van der Waals surface area (Å²) in [4.78, 5) is 23.3. The zero-order valence-corrected chi connectivity index (χ0v) is 21.9. The van der Waals surface area contributed by atoms with Crippen molar-refractivity contribution in [3.8, 4) is 11.5 Å². The number of hydrogen-bond donors (Lipinski definition) is 1. The second-order valence-electron chi connectivity index (χ2n) is 9.78. The van der Waals surface area contributed by atoms with Crippen LogP contribution in [0.3, 0.4) is 0 Å². The number of nitrogens with zero attached hydrogens (tertiary/aromatic N) is 6. The van der Waals surface area contributed by atoms with Crippen LogP contribution in [0, 0.1) is 0 Å². The molecule has 0 spiro atoms. The number of aromatic nitrogens is 6. The van der Waals surface area contributed by atoms with Gasteiger partial charge in [0.1, 0.15) is 11.8 Å². The number of nitrogens with one attached hydrogen (secondary N) is 1. The summed E-state index contributed by atoms with van der Waals surface area (Å²) in [6, 6.07) is 22.5. The summed E-state index contributed by atoms with van der Waals surface area (Å²) in [5.74, 6) is 2.49. The van der Waals surface area contributed by atoms with Crippen molar-refractivity contribution in [1.82, 2.24) is 35.1 Å². The molecule has 7 rings (SSSR count). The van der Waals surface area contributed by atoms with Crippen LogP contribution in [0.15, 0.2) is 101 Å². The van der Waals surface area contributed by atoms with E-state index < -0.39 is 6.04 Å². The lowest BCUT2D eigenvalue weighted by Gasteiger charge is -2.30. The van der Waals surface area contributed by atoms with Gasteiger partial charge in [0, 0.05) is 36.0 Å². The Morgan fingerprint density at radius 1 is 0.951 bits per heavy atom. The van der Waals surface area contributed by atoms with Crippen LogP contribution in [-0.4, -0.2) is 41.9 Å². The van der Waals surface area contributed by atoms with E-state index in [-0.39, 0.29) is 12.4 Å². The predicted octanol–water partition coefficient (Wildman–Crippen LogP) is 4.07. The maximum Gasteiger partial charge on any atom is 0.253 e. The Hall–Kier alpha value is -5.29. The Kier molecular flexibility index (Phi) is 6.45. The predicted molar refractivity (Wildman–Crippen MR) is 148 cm³/mol. The molecule has 2 aromatic carbocycles. The Morgan fingerprint density at radius 2 is 1.80 bits per heavy atom. The van der Waals surface area contributed by atoms with Gasteiger partial charge in [0.25, 0.3) is 5.56 Å². The van der Waals surface area contributed by atoms with Gasteiger partial charge in [-0.15, -0.1) is 5.10 Å². The van der Waals surface area contributed by atoms with Crippen LogP contribution >= 0.6 is 0 Å². The van der Waals surface area contributed by atoms with E-state index in [0.29, 0.717) is 48.0 Å². The molecular weight excluding hydrogens is 522 g/mol. The molecule has 1 aliphatic heterocycles. The second-order valence-corrected chi connectivity index (χ2v) is 9.78. The number of furan rings is 1. The van der Waals surface area contributed by atoms with E-state index in [1.54, 1.807) is 23.2 Å². The Morgan fingerprint density at radius 3 is 2.61 bits per heavy atom. The van der Waals surface area contributed by atoms with Crippen LogP contribution in [0.1, 0.15) is 34.3 Å². The van der Waals surface area contributed by atoms with Gasteiger partial charge in [-0.3, -0.25) is 14.7 Å². The molecule has 41 heavy (non-hydrogen) atoms. The topological polar surface area (TPSA) is 124 Å². The number of pyridine rings is 2. The Bertz CT molecular complexity index is 1840. The molecule has 0 fully saturated rings. The monoisotopic (exact) mass is 547 g/mol. The van der Waals surface area contributed by atoms with Crippen LogP contribution in [0.4, 0.5) is 0 Å². The van der Waals surface area contributed by atoms with Gasteiger partial charge in [-0.25, -0.2) is 4.68 Å². The molecule has 5 heterocycles. The molecule has 11 nitrogen and oxygen atoms in total. The maximum absolute atomic E-state index is 13.8. The van der Waals surface area contributed by atoms with Crippen LogP contribution in [0.25, 0.3) is 10.9 Å². The molecule has 6 aromatic rings. The number of aromatic amines is 1. The highest BCUT2D eigenvalue weighted by Crippen LogP contribution is 2.37. The van der Waals surface area contributed by atoms with Crippen molar-refractivity contribution in [2.45, 2.75) is 25.7 Å². The maximum atomic E-state index is 13.8. The molecule has 1 aliphatic rings. The van der Waals surface area contributed by atoms with E-state index in [9.17, 15) is 4.79 Å². The molecule has 1 atom stereocenters. The molecule has 1 unspecified atom stereocenters.